The largest absolute Gasteiger partial charge is 0.507 e. The molecule has 3 nitrogen and oxygen atoms in total. The Hall–Kier alpha value is -1.22. The summed E-state index contributed by atoms with van der Waals surface area (Å²) in [6.45, 7) is 16.6. The van der Waals surface area contributed by atoms with Crippen LogP contribution in [-0.4, -0.2) is 16.7 Å². The predicted molar refractivity (Wildman–Crippen MR) is 82.6 cm³/mol. The molecule has 2 rings (SSSR count). The van der Waals surface area contributed by atoms with Gasteiger partial charge in [0, 0.05) is 11.6 Å². The summed E-state index contributed by atoms with van der Waals surface area (Å²) in [7, 11) is 0. The molecule has 0 aromatic heterocycles. The van der Waals surface area contributed by atoms with Gasteiger partial charge in [0.25, 0.3) is 0 Å². The SMILES string of the molecule is Cc1c(C)c2c(c(C)c1O)C(C)(NC(C)C)C(C)(C)O2. The van der Waals surface area contributed by atoms with E-state index in [0.29, 0.717) is 11.8 Å². The minimum absolute atomic E-state index is 0.323. The van der Waals surface area contributed by atoms with Crippen molar-refractivity contribution >= 4 is 0 Å². The quantitative estimate of drug-likeness (QED) is 0.866. The first-order chi connectivity index (χ1) is 9.03. The maximum Gasteiger partial charge on any atom is 0.129 e. The van der Waals surface area contributed by atoms with Gasteiger partial charge in [-0.25, -0.2) is 0 Å². The third kappa shape index (κ3) is 1.83. The number of ether oxygens (including phenoxy) is 1. The maximum atomic E-state index is 10.4. The molecule has 0 fully saturated rings. The summed E-state index contributed by atoms with van der Waals surface area (Å²) in [6.07, 6.45) is 0. The van der Waals surface area contributed by atoms with Crippen LogP contribution in [-0.2, 0) is 5.54 Å². The molecular weight excluding hydrogens is 250 g/mol. The molecule has 0 aliphatic carbocycles. The van der Waals surface area contributed by atoms with Gasteiger partial charge in [-0.2, -0.15) is 0 Å². The van der Waals surface area contributed by atoms with E-state index in [1.54, 1.807) is 0 Å². The van der Waals surface area contributed by atoms with Crippen molar-refractivity contribution in [3.05, 3.63) is 22.3 Å². The smallest absolute Gasteiger partial charge is 0.129 e. The van der Waals surface area contributed by atoms with Gasteiger partial charge in [-0.05, 0) is 72.1 Å². The Balaban J connectivity index is 2.78. The number of aromatic hydroxyl groups is 1. The molecule has 0 bridgehead atoms. The standard InChI is InChI=1S/C17H27NO2/c1-9(2)18-17(8)13-12(5)14(19)10(3)11(4)15(13)20-16(17,6)7/h9,18-19H,1-8H3. The van der Waals surface area contributed by atoms with E-state index < -0.39 is 0 Å². The number of fused-ring (bicyclic) bond motifs is 1. The maximum absolute atomic E-state index is 10.4. The van der Waals surface area contributed by atoms with Crippen LogP contribution in [0, 0.1) is 20.8 Å². The molecule has 1 heterocycles. The second kappa shape index (κ2) is 4.39. The van der Waals surface area contributed by atoms with Crippen LogP contribution in [0.5, 0.6) is 11.5 Å². The van der Waals surface area contributed by atoms with Crippen LogP contribution in [0.2, 0.25) is 0 Å². The average Bonchev–Trinajstić information content (AvgIpc) is 2.51. The fourth-order valence-corrected chi connectivity index (χ4v) is 3.32. The third-order valence-corrected chi connectivity index (χ3v) is 4.85. The topological polar surface area (TPSA) is 41.5 Å². The van der Waals surface area contributed by atoms with E-state index in [4.69, 9.17) is 4.74 Å². The summed E-state index contributed by atoms with van der Waals surface area (Å²) in [5.74, 6) is 1.32. The van der Waals surface area contributed by atoms with Gasteiger partial charge in [0.05, 0.1) is 5.54 Å². The minimum atomic E-state index is -0.366. The van der Waals surface area contributed by atoms with Crippen molar-refractivity contribution in [1.82, 2.24) is 5.32 Å². The second-order valence-electron chi connectivity index (χ2n) is 6.96. The summed E-state index contributed by atoms with van der Waals surface area (Å²) in [4.78, 5) is 0. The monoisotopic (exact) mass is 277 g/mol. The van der Waals surface area contributed by atoms with Crippen LogP contribution >= 0.6 is 0 Å². The molecule has 0 radical (unpaired) electrons. The molecule has 2 N–H and O–H groups in total. The van der Waals surface area contributed by atoms with Gasteiger partial charge >= 0.3 is 0 Å². The third-order valence-electron chi connectivity index (χ3n) is 4.85. The van der Waals surface area contributed by atoms with E-state index in [0.717, 1.165) is 28.0 Å². The molecule has 1 atom stereocenters. The zero-order valence-corrected chi connectivity index (χ0v) is 13.9. The molecule has 112 valence electrons. The zero-order chi connectivity index (χ0) is 15.5. The van der Waals surface area contributed by atoms with Gasteiger partial charge in [-0.15, -0.1) is 0 Å². The fraction of sp³-hybridized carbons (Fsp3) is 0.647. The average molecular weight is 277 g/mol. The first-order valence-corrected chi connectivity index (χ1v) is 7.33. The molecule has 3 heteroatoms. The summed E-state index contributed by atoms with van der Waals surface area (Å²) in [5, 5.41) is 14.0. The fourth-order valence-electron chi connectivity index (χ4n) is 3.32. The highest BCUT2D eigenvalue weighted by Gasteiger charge is 2.53. The van der Waals surface area contributed by atoms with E-state index >= 15 is 0 Å². The highest BCUT2D eigenvalue weighted by Crippen LogP contribution is 2.53. The number of rotatable bonds is 2. The van der Waals surface area contributed by atoms with Gasteiger partial charge in [0.2, 0.25) is 0 Å². The van der Waals surface area contributed by atoms with Crippen molar-refractivity contribution in [2.75, 3.05) is 0 Å². The normalized spacial score (nSPS) is 23.9. The Morgan fingerprint density at radius 2 is 1.55 bits per heavy atom. The molecule has 0 saturated carbocycles. The number of phenolic OH excluding ortho intramolecular Hbond substituents is 1. The highest BCUT2D eigenvalue weighted by molar-refractivity contribution is 5.62. The minimum Gasteiger partial charge on any atom is -0.507 e. The molecule has 1 aromatic carbocycles. The van der Waals surface area contributed by atoms with Crippen LogP contribution < -0.4 is 10.1 Å². The Morgan fingerprint density at radius 1 is 1.00 bits per heavy atom. The van der Waals surface area contributed by atoms with E-state index in [2.05, 4.69) is 39.9 Å². The van der Waals surface area contributed by atoms with Gasteiger partial charge < -0.3 is 15.2 Å². The summed E-state index contributed by atoms with van der Waals surface area (Å²) in [5.41, 5.74) is 3.27. The van der Waals surface area contributed by atoms with Crippen molar-refractivity contribution in [3.63, 3.8) is 0 Å². The van der Waals surface area contributed by atoms with Gasteiger partial charge in [0.15, 0.2) is 0 Å². The number of benzene rings is 1. The van der Waals surface area contributed by atoms with Crippen LogP contribution in [0.3, 0.4) is 0 Å². The second-order valence-corrected chi connectivity index (χ2v) is 6.96. The lowest BCUT2D eigenvalue weighted by molar-refractivity contribution is 0.0376. The number of phenols is 1. The highest BCUT2D eigenvalue weighted by atomic mass is 16.5. The molecule has 1 unspecified atom stereocenters. The van der Waals surface area contributed by atoms with Crippen molar-refractivity contribution in [2.24, 2.45) is 0 Å². The number of hydrogen-bond acceptors (Lipinski definition) is 3. The number of hydrogen-bond donors (Lipinski definition) is 2. The van der Waals surface area contributed by atoms with Crippen LogP contribution in [0.4, 0.5) is 0 Å². The molecule has 0 amide bonds. The van der Waals surface area contributed by atoms with Gasteiger partial charge in [0.1, 0.15) is 17.1 Å². The summed E-state index contributed by atoms with van der Waals surface area (Å²) < 4.78 is 6.28. The van der Waals surface area contributed by atoms with E-state index in [-0.39, 0.29) is 11.1 Å². The van der Waals surface area contributed by atoms with Crippen molar-refractivity contribution < 1.29 is 9.84 Å². The lowest BCUT2D eigenvalue weighted by Crippen LogP contribution is -2.56. The molecule has 1 aromatic rings. The Morgan fingerprint density at radius 3 is 2.05 bits per heavy atom. The van der Waals surface area contributed by atoms with E-state index in [1.807, 2.05) is 20.8 Å². The first kappa shape index (κ1) is 15.2. The van der Waals surface area contributed by atoms with Crippen molar-refractivity contribution in [1.29, 1.82) is 0 Å². The molecule has 1 aliphatic heterocycles. The Bertz CT molecular complexity index is 561. The molecule has 1 aliphatic rings. The lowest BCUT2D eigenvalue weighted by Gasteiger charge is -2.40. The first-order valence-electron chi connectivity index (χ1n) is 7.33. The van der Waals surface area contributed by atoms with E-state index in [1.165, 1.54) is 0 Å². The molecule has 20 heavy (non-hydrogen) atoms. The van der Waals surface area contributed by atoms with Crippen LogP contribution in [0.15, 0.2) is 0 Å². The summed E-state index contributed by atoms with van der Waals surface area (Å²) in [6, 6.07) is 0.331. The van der Waals surface area contributed by atoms with Crippen LogP contribution in [0.1, 0.15) is 56.9 Å². The zero-order valence-electron chi connectivity index (χ0n) is 13.9. The summed E-state index contributed by atoms with van der Waals surface area (Å²) >= 11 is 0. The van der Waals surface area contributed by atoms with Crippen molar-refractivity contribution in [2.45, 2.75) is 72.6 Å². The molecular formula is C17H27NO2. The van der Waals surface area contributed by atoms with Gasteiger partial charge in [-0.3, -0.25) is 0 Å². The lowest BCUT2D eigenvalue weighted by atomic mass is 9.76. The molecule has 0 spiro atoms. The Kier molecular flexibility index (Phi) is 3.33. The number of nitrogens with one attached hydrogen (secondary N) is 1. The van der Waals surface area contributed by atoms with Crippen LogP contribution in [0.25, 0.3) is 0 Å². The molecule has 0 saturated heterocycles. The van der Waals surface area contributed by atoms with E-state index in [9.17, 15) is 5.11 Å². The van der Waals surface area contributed by atoms with Crippen molar-refractivity contribution in [3.8, 4) is 11.5 Å². The predicted octanol–water partition coefficient (Wildman–Crippen LogP) is 3.70. The van der Waals surface area contributed by atoms with Gasteiger partial charge in [-0.1, -0.05) is 0 Å². The Labute approximate surface area is 122 Å².